The smallest absolute Gasteiger partial charge is 0.326 e. The number of carbonyl (C=O) groups excluding carboxylic acids is 8. The van der Waals surface area contributed by atoms with Crippen LogP contribution in [-0.2, 0) is 52.7 Å². The molecule has 0 heterocycles. The summed E-state index contributed by atoms with van der Waals surface area (Å²) in [4.78, 5) is 138. The number of hydrogen-bond acceptors (Lipinski definition) is 14. The average Bonchev–Trinajstić information content (AvgIpc) is 3.15. The number of aliphatic carboxylic acids is 3. The van der Waals surface area contributed by atoms with Crippen LogP contribution in [0.3, 0.4) is 0 Å². The number of rotatable bonds is 28. The summed E-state index contributed by atoms with van der Waals surface area (Å²) >= 11 is 0. The summed E-state index contributed by atoms with van der Waals surface area (Å²) in [6.07, 6.45) is -3.98. The highest BCUT2D eigenvalue weighted by Gasteiger charge is 2.35. The molecule has 0 aromatic carbocycles. The third-order valence-electron chi connectivity index (χ3n) is 8.75. The third kappa shape index (κ3) is 21.0. The fraction of sp³-hybridized carbons (Fsp3) is 0.703. The van der Waals surface area contributed by atoms with Crippen LogP contribution >= 0.6 is 0 Å². The molecule has 62 heavy (non-hydrogen) atoms. The van der Waals surface area contributed by atoms with Gasteiger partial charge in [0.2, 0.25) is 47.3 Å². The molecule has 10 atom stereocenters. The number of hydrogen-bond donors (Lipinski definition) is 14. The van der Waals surface area contributed by atoms with Crippen molar-refractivity contribution in [2.75, 3.05) is 6.61 Å². The third-order valence-corrected chi connectivity index (χ3v) is 8.75. The van der Waals surface area contributed by atoms with E-state index in [9.17, 15) is 78.3 Å². The van der Waals surface area contributed by atoms with Crippen LogP contribution in [0.2, 0.25) is 0 Å². The van der Waals surface area contributed by atoms with Gasteiger partial charge in [-0.15, -0.1) is 0 Å². The fourth-order valence-electron chi connectivity index (χ4n) is 5.36. The molecule has 0 saturated carbocycles. The second kappa shape index (κ2) is 27.1. The molecule has 25 nitrogen and oxygen atoms in total. The van der Waals surface area contributed by atoms with E-state index in [4.69, 9.17) is 5.73 Å². The molecule has 0 radical (unpaired) electrons. The highest BCUT2D eigenvalue weighted by Crippen LogP contribution is 2.09. The monoisotopic (exact) mass is 889 g/mol. The molecule has 8 amide bonds. The maximum atomic E-state index is 13.4. The first-order valence-corrected chi connectivity index (χ1v) is 19.7. The molecule has 0 fully saturated rings. The van der Waals surface area contributed by atoms with Crippen LogP contribution in [-0.4, -0.2) is 158 Å². The number of carboxylic acid groups (broad SMARTS) is 3. The van der Waals surface area contributed by atoms with E-state index in [1.54, 1.807) is 27.7 Å². The van der Waals surface area contributed by atoms with Crippen LogP contribution < -0.4 is 48.3 Å². The zero-order valence-corrected chi connectivity index (χ0v) is 36.0. The van der Waals surface area contributed by atoms with E-state index >= 15 is 0 Å². The standard InChI is InChI=1S/C37H63N9O16/c1-15(2)11-22(42-29(53)17(5)38)33(57)39-19(7)31(55)45-25(14-47)35(59)40-18(6)30(54)43-23(13-27(51)52)34(58)41-21(9-10-26(49)50)32(56)46-28(20(8)48)36(60)44-24(37(61)62)12-16(3)4/h15-25,28,47-48H,9-14,38H2,1-8H3,(H,39,57)(H,40,59)(H,41,58)(H,42,53)(H,43,54)(H,44,60)(H,45,55)(H,46,56)(H,49,50)(H,51,52)(H,61,62)/t17-,18-,19-,20+,21-,22-,23-,24-,25-,28-/m0/s1. The van der Waals surface area contributed by atoms with Gasteiger partial charge in [-0.3, -0.25) is 47.9 Å². The van der Waals surface area contributed by atoms with Crippen molar-refractivity contribution in [2.45, 2.75) is 148 Å². The highest BCUT2D eigenvalue weighted by atomic mass is 16.4. The molecule has 352 valence electrons. The average molecular weight is 890 g/mol. The van der Waals surface area contributed by atoms with E-state index in [0.29, 0.717) is 0 Å². The Morgan fingerprint density at radius 2 is 0.871 bits per heavy atom. The predicted octanol–water partition coefficient (Wildman–Crippen LogP) is -4.86. The fourth-order valence-corrected chi connectivity index (χ4v) is 5.36. The maximum absolute atomic E-state index is 13.4. The Hall–Kier alpha value is -5.95. The first kappa shape index (κ1) is 56.0. The summed E-state index contributed by atoms with van der Waals surface area (Å²) in [5, 5.41) is 66.1. The Labute approximate surface area is 357 Å². The van der Waals surface area contributed by atoms with Gasteiger partial charge in [-0.2, -0.15) is 0 Å². The molecule has 0 unspecified atom stereocenters. The lowest BCUT2D eigenvalue weighted by Crippen LogP contribution is -2.61. The van der Waals surface area contributed by atoms with Crippen molar-refractivity contribution in [1.82, 2.24) is 42.5 Å². The van der Waals surface area contributed by atoms with E-state index in [0.717, 1.165) is 13.8 Å². The molecular weight excluding hydrogens is 826 g/mol. The van der Waals surface area contributed by atoms with Gasteiger partial charge in [0.05, 0.1) is 25.2 Å². The van der Waals surface area contributed by atoms with Gasteiger partial charge in [0.1, 0.15) is 48.3 Å². The van der Waals surface area contributed by atoms with Gasteiger partial charge < -0.3 is 73.8 Å². The first-order chi connectivity index (χ1) is 28.6. The van der Waals surface area contributed by atoms with Crippen molar-refractivity contribution >= 4 is 65.2 Å². The first-order valence-electron chi connectivity index (χ1n) is 19.7. The van der Waals surface area contributed by atoms with Crippen molar-refractivity contribution in [2.24, 2.45) is 17.6 Å². The number of carbonyl (C=O) groups is 11. The SMILES string of the molecule is CC(C)C[C@H](NC(=O)[C@@H](NC(=O)[C@H](CCC(=O)O)NC(=O)[C@H](CC(=O)O)NC(=O)[C@H](C)NC(=O)[C@H](CO)NC(=O)[C@H](C)NC(=O)[C@H](CC(C)C)NC(=O)[C@H](C)N)[C@@H](C)O)C(=O)O. The summed E-state index contributed by atoms with van der Waals surface area (Å²) in [6.45, 7) is 10.8. The molecular formula is C37H63N9O16. The van der Waals surface area contributed by atoms with Gasteiger partial charge in [-0.25, -0.2) is 4.79 Å². The molecule has 0 aromatic rings. The maximum Gasteiger partial charge on any atom is 0.326 e. The van der Waals surface area contributed by atoms with Crippen LogP contribution in [0.25, 0.3) is 0 Å². The Morgan fingerprint density at radius 1 is 0.468 bits per heavy atom. The molecule has 0 rings (SSSR count). The van der Waals surface area contributed by atoms with E-state index in [-0.39, 0.29) is 24.7 Å². The van der Waals surface area contributed by atoms with Crippen molar-refractivity contribution < 1.29 is 78.3 Å². The molecule has 0 aliphatic carbocycles. The molecule has 0 aromatic heterocycles. The summed E-state index contributed by atoms with van der Waals surface area (Å²) in [5.41, 5.74) is 5.58. The summed E-state index contributed by atoms with van der Waals surface area (Å²) in [6, 6.07) is -13.6. The minimum Gasteiger partial charge on any atom is -0.481 e. The minimum atomic E-state index is -1.97. The molecule has 0 aliphatic heterocycles. The van der Waals surface area contributed by atoms with Crippen LogP contribution in [0.5, 0.6) is 0 Å². The zero-order valence-electron chi connectivity index (χ0n) is 36.0. The minimum absolute atomic E-state index is 0.0183. The number of nitrogens with two attached hydrogens (primary N) is 1. The van der Waals surface area contributed by atoms with Crippen LogP contribution in [0.15, 0.2) is 0 Å². The second-order valence-corrected chi connectivity index (χ2v) is 15.6. The van der Waals surface area contributed by atoms with Crippen LogP contribution in [0.4, 0.5) is 0 Å². The summed E-state index contributed by atoms with van der Waals surface area (Å²) < 4.78 is 0. The largest absolute Gasteiger partial charge is 0.481 e. The molecule has 0 bridgehead atoms. The Bertz CT molecular complexity index is 1620. The lowest BCUT2D eigenvalue weighted by Gasteiger charge is -2.27. The Morgan fingerprint density at radius 3 is 1.29 bits per heavy atom. The molecule has 15 N–H and O–H groups in total. The van der Waals surface area contributed by atoms with E-state index in [2.05, 4.69) is 42.5 Å². The van der Waals surface area contributed by atoms with Gasteiger partial charge in [-0.1, -0.05) is 27.7 Å². The van der Waals surface area contributed by atoms with Gasteiger partial charge in [0, 0.05) is 6.42 Å². The van der Waals surface area contributed by atoms with Gasteiger partial charge >= 0.3 is 17.9 Å². The van der Waals surface area contributed by atoms with Gasteiger partial charge in [-0.05, 0) is 58.8 Å². The number of amides is 8. The van der Waals surface area contributed by atoms with Crippen LogP contribution in [0.1, 0.15) is 87.5 Å². The normalized spacial score (nSPS) is 16.0. The summed E-state index contributed by atoms with van der Waals surface area (Å²) in [7, 11) is 0. The van der Waals surface area contributed by atoms with E-state index in [1.807, 2.05) is 0 Å². The molecule has 0 spiro atoms. The number of nitrogens with one attached hydrogen (secondary N) is 8. The molecule has 0 aliphatic rings. The Balaban J connectivity index is 5.95. The zero-order chi connectivity index (χ0) is 48.2. The second-order valence-electron chi connectivity index (χ2n) is 15.6. The van der Waals surface area contributed by atoms with Crippen molar-refractivity contribution in [3.63, 3.8) is 0 Å². The van der Waals surface area contributed by atoms with Gasteiger partial charge in [0.15, 0.2) is 0 Å². The predicted molar refractivity (Wildman–Crippen MR) is 215 cm³/mol. The Kier molecular flexibility index (Phi) is 24.5. The number of carboxylic acids is 3. The molecule has 25 heteroatoms. The van der Waals surface area contributed by atoms with Crippen LogP contribution in [0, 0.1) is 11.8 Å². The van der Waals surface area contributed by atoms with E-state index < -0.39 is 152 Å². The van der Waals surface area contributed by atoms with Crippen molar-refractivity contribution in [1.29, 1.82) is 0 Å². The lowest BCUT2D eigenvalue weighted by molar-refractivity contribution is -0.143. The molecule has 0 saturated heterocycles. The van der Waals surface area contributed by atoms with Crippen molar-refractivity contribution in [3.8, 4) is 0 Å². The number of aliphatic hydroxyl groups is 2. The lowest BCUT2D eigenvalue weighted by atomic mass is 10.0. The van der Waals surface area contributed by atoms with E-state index in [1.165, 1.54) is 13.8 Å². The highest BCUT2D eigenvalue weighted by molar-refractivity contribution is 5.98. The quantitative estimate of drug-likeness (QED) is 0.0350. The topological polar surface area (TPSA) is 411 Å². The van der Waals surface area contributed by atoms with Crippen molar-refractivity contribution in [3.05, 3.63) is 0 Å². The number of aliphatic hydroxyl groups excluding tert-OH is 2. The van der Waals surface area contributed by atoms with Gasteiger partial charge in [0.25, 0.3) is 0 Å². The summed E-state index contributed by atoms with van der Waals surface area (Å²) in [5.74, 6) is -13.1.